The van der Waals surface area contributed by atoms with Gasteiger partial charge in [-0.05, 0) is 38.2 Å². The standard InChI is InChI=1S/C23H23N7OS/c1-15-14-32-23(27-15)18-9-17-10-20(26-13-19(17)25-12-18)28-22(31)16-3-4-24-21(11-16)30-7-5-29(2)6-8-30/h3-4,9-14H,5-8H2,1-2H3,(H,26,28,31). The van der Waals surface area contributed by atoms with Crippen LogP contribution in [0.25, 0.3) is 21.5 Å². The average molecular weight is 446 g/mol. The largest absolute Gasteiger partial charge is 0.354 e. The summed E-state index contributed by atoms with van der Waals surface area (Å²) >= 11 is 1.59. The first-order valence-electron chi connectivity index (χ1n) is 10.4. The molecule has 0 aromatic carbocycles. The van der Waals surface area contributed by atoms with Crippen LogP contribution in [0, 0.1) is 6.92 Å². The second-order valence-electron chi connectivity index (χ2n) is 7.93. The van der Waals surface area contributed by atoms with Gasteiger partial charge in [-0.25, -0.2) is 15.0 Å². The number of anilines is 2. The van der Waals surface area contributed by atoms with E-state index in [1.165, 1.54) is 0 Å². The Morgan fingerprint density at radius 3 is 2.69 bits per heavy atom. The molecule has 0 unspecified atom stereocenters. The molecule has 0 radical (unpaired) electrons. The Kier molecular flexibility index (Phi) is 5.50. The first kappa shape index (κ1) is 20.5. The Morgan fingerprint density at radius 2 is 1.91 bits per heavy atom. The number of aryl methyl sites for hydroxylation is 1. The molecule has 5 heterocycles. The second-order valence-corrected chi connectivity index (χ2v) is 8.79. The van der Waals surface area contributed by atoms with E-state index in [1.54, 1.807) is 36.0 Å². The molecule has 0 aliphatic carbocycles. The summed E-state index contributed by atoms with van der Waals surface area (Å²) in [6.45, 7) is 5.73. The van der Waals surface area contributed by atoms with Gasteiger partial charge in [0.2, 0.25) is 0 Å². The number of nitrogens with one attached hydrogen (secondary N) is 1. The molecular formula is C23H23N7OS. The van der Waals surface area contributed by atoms with E-state index in [0.717, 1.165) is 59.2 Å². The number of carbonyl (C=O) groups is 1. The van der Waals surface area contributed by atoms with Crippen LogP contribution in [0.2, 0.25) is 0 Å². The minimum absolute atomic E-state index is 0.214. The van der Waals surface area contributed by atoms with E-state index < -0.39 is 0 Å². The van der Waals surface area contributed by atoms with Crippen molar-refractivity contribution in [2.24, 2.45) is 0 Å². The van der Waals surface area contributed by atoms with Gasteiger partial charge in [0, 0.05) is 66.2 Å². The second kappa shape index (κ2) is 8.60. The van der Waals surface area contributed by atoms with Crippen LogP contribution in [-0.4, -0.2) is 64.0 Å². The number of thiazole rings is 1. The van der Waals surface area contributed by atoms with Crippen molar-refractivity contribution < 1.29 is 4.79 Å². The third-order valence-corrected chi connectivity index (χ3v) is 6.52. The SMILES string of the molecule is Cc1csc(-c2cnc3cnc(NC(=O)c4ccnc(N5CCN(C)CC5)c4)cc3c2)n1. The van der Waals surface area contributed by atoms with Gasteiger partial charge in [-0.2, -0.15) is 0 Å². The summed E-state index contributed by atoms with van der Waals surface area (Å²) < 4.78 is 0. The van der Waals surface area contributed by atoms with E-state index in [2.05, 4.69) is 42.1 Å². The molecule has 0 bridgehead atoms. The van der Waals surface area contributed by atoms with Crippen molar-refractivity contribution in [1.29, 1.82) is 0 Å². The summed E-state index contributed by atoms with van der Waals surface area (Å²) in [6, 6.07) is 7.43. The average Bonchev–Trinajstić information content (AvgIpc) is 3.25. The van der Waals surface area contributed by atoms with Gasteiger partial charge in [-0.3, -0.25) is 9.78 Å². The minimum Gasteiger partial charge on any atom is -0.354 e. The fourth-order valence-corrected chi connectivity index (χ4v) is 4.44. The maximum Gasteiger partial charge on any atom is 0.257 e. The van der Waals surface area contributed by atoms with Gasteiger partial charge in [0.15, 0.2) is 0 Å². The van der Waals surface area contributed by atoms with Crippen LogP contribution in [-0.2, 0) is 0 Å². The number of pyridine rings is 3. The summed E-state index contributed by atoms with van der Waals surface area (Å²) in [7, 11) is 2.11. The van der Waals surface area contributed by atoms with Crippen molar-refractivity contribution in [2.75, 3.05) is 43.4 Å². The van der Waals surface area contributed by atoms with E-state index in [1.807, 2.05) is 30.5 Å². The predicted octanol–water partition coefficient (Wildman–Crippen LogP) is 3.46. The Morgan fingerprint density at radius 1 is 1.06 bits per heavy atom. The normalized spacial score (nSPS) is 14.6. The van der Waals surface area contributed by atoms with Gasteiger partial charge in [0.1, 0.15) is 16.6 Å². The van der Waals surface area contributed by atoms with Gasteiger partial charge in [0.25, 0.3) is 5.91 Å². The molecule has 1 amide bonds. The highest BCUT2D eigenvalue weighted by molar-refractivity contribution is 7.13. The molecule has 5 rings (SSSR count). The summed E-state index contributed by atoms with van der Waals surface area (Å²) in [5.74, 6) is 1.09. The van der Waals surface area contributed by atoms with Gasteiger partial charge in [0.05, 0.1) is 11.7 Å². The van der Waals surface area contributed by atoms with Crippen LogP contribution >= 0.6 is 11.3 Å². The lowest BCUT2D eigenvalue weighted by Crippen LogP contribution is -2.44. The summed E-state index contributed by atoms with van der Waals surface area (Å²) in [5.41, 5.74) is 3.26. The smallest absolute Gasteiger partial charge is 0.257 e. The number of aromatic nitrogens is 4. The molecule has 32 heavy (non-hydrogen) atoms. The van der Waals surface area contributed by atoms with E-state index >= 15 is 0 Å². The first-order valence-corrected chi connectivity index (χ1v) is 11.3. The molecule has 0 saturated carbocycles. The highest BCUT2D eigenvalue weighted by atomic mass is 32.1. The number of carbonyl (C=O) groups excluding carboxylic acids is 1. The summed E-state index contributed by atoms with van der Waals surface area (Å²) in [5, 5.41) is 6.74. The third kappa shape index (κ3) is 4.30. The van der Waals surface area contributed by atoms with E-state index in [0.29, 0.717) is 11.4 Å². The van der Waals surface area contributed by atoms with Crippen LogP contribution in [0.4, 0.5) is 11.6 Å². The minimum atomic E-state index is -0.214. The van der Waals surface area contributed by atoms with Crippen LogP contribution in [0.5, 0.6) is 0 Å². The monoisotopic (exact) mass is 445 g/mol. The fourth-order valence-electron chi connectivity index (χ4n) is 3.66. The molecule has 4 aromatic rings. The van der Waals surface area contributed by atoms with E-state index in [9.17, 15) is 4.79 Å². The zero-order chi connectivity index (χ0) is 22.1. The Hall–Kier alpha value is -3.43. The van der Waals surface area contributed by atoms with Gasteiger partial charge >= 0.3 is 0 Å². The van der Waals surface area contributed by atoms with Crippen molar-refractivity contribution >= 4 is 39.8 Å². The molecule has 4 aromatic heterocycles. The fraction of sp³-hybridized carbons (Fsp3) is 0.261. The molecule has 0 spiro atoms. The van der Waals surface area contributed by atoms with E-state index in [-0.39, 0.29) is 5.91 Å². The first-order chi connectivity index (χ1) is 15.5. The van der Waals surface area contributed by atoms with Crippen molar-refractivity contribution in [3.63, 3.8) is 0 Å². The van der Waals surface area contributed by atoms with Crippen molar-refractivity contribution in [1.82, 2.24) is 24.8 Å². The van der Waals surface area contributed by atoms with Gasteiger partial charge < -0.3 is 15.1 Å². The molecule has 1 fully saturated rings. The predicted molar refractivity (Wildman–Crippen MR) is 127 cm³/mol. The molecule has 1 N–H and O–H groups in total. The van der Waals surface area contributed by atoms with Crippen LogP contribution in [0.15, 0.2) is 48.2 Å². The lowest BCUT2D eigenvalue weighted by Gasteiger charge is -2.33. The zero-order valence-corrected chi connectivity index (χ0v) is 18.8. The number of fused-ring (bicyclic) bond motifs is 1. The summed E-state index contributed by atoms with van der Waals surface area (Å²) in [6.07, 6.45) is 5.16. The van der Waals surface area contributed by atoms with Crippen LogP contribution in [0.3, 0.4) is 0 Å². The summed E-state index contributed by atoms with van der Waals surface area (Å²) in [4.78, 5) is 35.2. The van der Waals surface area contributed by atoms with Crippen molar-refractivity contribution in [3.05, 3.63) is 59.5 Å². The van der Waals surface area contributed by atoms with Gasteiger partial charge in [-0.1, -0.05) is 0 Å². The molecule has 1 aliphatic heterocycles. The highest BCUT2D eigenvalue weighted by Gasteiger charge is 2.17. The molecule has 1 aliphatic rings. The maximum atomic E-state index is 12.9. The zero-order valence-electron chi connectivity index (χ0n) is 17.9. The molecule has 0 atom stereocenters. The molecule has 8 nitrogen and oxygen atoms in total. The maximum absolute atomic E-state index is 12.9. The molecule has 9 heteroatoms. The lowest BCUT2D eigenvalue weighted by molar-refractivity contribution is 0.102. The highest BCUT2D eigenvalue weighted by Crippen LogP contribution is 2.26. The number of rotatable bonds is 4. The van der Waals surface area contributed by atoms with Crippen molar-refractivity contribution in [2.45, 2.75) is 6.92 Å². The topological polar surface area (TPSA) is 87.1 Å². The number of likely N-dealkylation sites (N-methyl/N-ethyl adjacent to an activating group) is 1. The van der Waals surface area contributed by atoms with E-state index in [4.69, 9.17) is 0 Å². The third-order valence-electron chi connectivity index (χ3n) is 5.51. The number of amides is 1. The number of hydrogen-bond acceptors (Lipinski definition) is 8. The van der Waals surface area contributed by atoms with Crippen molar-refractivity contribution in [3.8, 4) is 10.6 Å². The number of hydrogen-bond donors (Lipinski definition) is 1. The molecular weight excluding hydrogens is 422 g/mol. The Labute approximate surface area is 190 Å². The Bertz CT molecular complexity index is 1280. The van der Waals surface area contributed by atoms with Crippen LogP contribution < -0.4 is 10.2 Å². The van der Waals surface area contributed by atoms with Gasteiger partial charge in [-0.15, -0.1) is 11.3 Å². The van der Waals surface area contributed by atoms with Crippen LogP contribution in [0.1, 0.15) is 16.1 Å². The molecule has 1 saturated heterocycles. The Balaban J connectivity index is 1.36. The quantitative estimate of drug-likeness (QED) is 0.515. The number of piperazine rings is 1. The number of nitrogens with zero attached hydrogens (tertiary/aromatic N) is 6. The molecule has 162 valence electrons. The lowest BCUT2D eigenvalue weighted by atomic mass is 10.2.